The molecule has 138 valence electrons. The first-order valence-electron chi connectivity index (χ1n) is 9.05. The van der Waals surface area contributed by atoms with Gasteiger partial charge in [0.1, 0.15) is 0 Å². The molecule has 0 spiro atoms. The van der Waals surface area contributed by atoms with Gasteiger partial charge in [-0.25, -0.2) is 0 Å². The summed E-state index contributed by atoms with van der Waals surface area (Å²) in [6, 6.07) is 13.9. The van der Waals surface area contributed by atoms with Gasteiger partial charge in [0.2, 0.25) is 17.7 Å². The number of aromatic nitrogens is 3. The molecule has 3 aromatic rings. The van der Waals surface area contributed by atoms with E-state index in [0.717, 1.165) is 30.6 Å². The van der Waals surface area contributed by atoms with E-state index in [9.17, 15) is 4.79 Å². The number of benzene rings is 1. The molecular formula is C20H21N5O2. The number of carbonyl (C=O) groups is 1. The lowest BCUT2D eigenvalue weighted by molar-refractivity contribution is -0.119. The van der Waals surface area contributed by atoms with Crippen molar-refractivity contribution >= 4 is 5.91 Å². The molecule has 1 atom stereocenters. The van der Waals surface area contributed by atoms with Gasteiger partial charge in [0.15, 0.2) is 0 Å². The van der Waals surface area contributed by atoms with Crippen LogP contribution in [0.25, 0.3) is 11.5 Å². The van der Waals surface area contributed by atoms with Crippen LogP contribution in [0.5, 0.6) is 0 Å². The lowest BCUT2D eigenvalue weighted by Crippen LogP contribution is -2.38. The maximum absolute atomic E-state index is 11.5. The van der Waals surface area contributed by atoms with Crippen LogP contribution in [0.1, 0.15) is 24.3 Å². The molecule has 1 aliphatic rings. The molecule has 2 aromatic heterocycles. The van der Waals surface area contributed by atoms with Gasteiger partial charge in [0.05, 0.1) is 6.54 Å². The second-order valence-corrected chi connectivity index (χ2v) is 6.70. The SMILES string of the molecule is O=C1CC[C@@H](CN(Cc2ccncc2)Cc2nnc(-c3ccccc3)o2)N1. The van der Waals surface area contributed by atoms with Crippen molar-refractivity contribution in [3.63, 3.8) is 0 Å². The van der Waals surface area contributed by atoms with Crippen molar-refractivity contribution in [3.05, 3.63) is 66.3 Å². The van der Waals surface area contributed by atoms with Gasteiger partial charge in [-0.2, -0.15) is 0 Å². The monoisotopic (exact) mass is 363 g/mol. The van der Waals surface area contributed by atoms with Crippen molar-refractivity contribution in [2.45, 2.75) is 32.0 Å². The average molecular weight is 363 g/mol. The summed E-state index contributed by atoms with van der Waals surface area (Å²) in [7, 11) is 0. The van der Waals surface area contributed by atoms with E-state index in [1.807, 2.05) is 42.5 Å². The Morgan fingerprint density at radius 3 is 2.63 bits per heavy atom. The molecule has 0 saturated carbocycles. The Morgan fingerprint density at radius 2 is 1.89 bits per heavy atom. The van der Waals surface area contributed by atoms with Crippen LogP contribution in [0, 0.1) is 0 Å². The Bertz CT molecular complexity index is 882. The van der Waals surface area contributed by atoms with E-state index in [-0.39, 0.29) is 11.9 Å². The first-order chi connectivity index (χ1) is 13.3. The molecule has 1 aromatic carbocycles. The number of carbonyl (C=O) groups excluding carboxylic acids is 1. The van der Waals surface area contributed by atoms with Crippen molar-refractivity contribution in [2.75, 3.05) is 6.54 Å². The zero-order valence-electron chi connectivity index (χ0n) is 14.9. The van der Waals surface area contributed by atoms with E-state index < -0.39 is 0 Å². The number of hydrogen-bond donors (Lipinski definition) is 1. The third-order valence-electron chi connectivity index (χ3n) is 4.57. The first-order valence-corrected chi connectivity index (χ1v) is 9.05. The molecule has 1 fully saturated rings. The van der Waals surface area contributed by atoms with Gasteiger partial charge in [-0.1, -0.05) is 18.2 Å². The van der Waals surface area contributed by atoms with Gasteiger partial charge in [-0.3, -0.25) is 14.7 Å². The Balaban J connectivity index is 1.48. The summed E-state index contributed by atoms with van der Waals surface area (Å²) in [5, 5.41) is 11.4. The maximum atomic E-state index is 11.5. The second-order valence-electron chi connectivity index (χ2n) is 6.70. The molecule has 1 amide bonds. The zero-order valence-corrected chi connectivity index (χ0v) is 14.9. The number of pyridine rings is 1. The van der Waals surface area contributed by atoms with Gasteiger partial charge in [-0.15, -0.1) is 10.2 Å². The van der Waals surface area contributed by atoms with Gasteiger partial charge in [0, 0.05) is 43.5 Å². The lowest BCUT2D eigenvalue weighted by atomic mass is 10.2. The van der Waals surface area contributed by atoms with Crippen molar-refractivity contribution in [1.29, 1.82) is 0 Å². The van der Waals surface area contributed by atoms with Crippen molar-refractivity contribution in [3.8, 4) is 11.5 Å². The highest BCUT2D eigenvalue weighted by Crippen LogP contribution is 2.19. The summed E-state index contributed by atoms with van der Waals surface area (Å²) in [6.45, 7) is 1.98. The quantitative estimate of drug-likeness (QED) is 0.694. The van der Waals surface area contributed by atoms with E-state index in [1.165, 1.54) is 0 Å². The summed E-state index contributed by atoms with van der Waals surface area (Å²) in [5.41, 5.74) is 2.05. The van der Waals surface area contributed by atoms with Gasteiger partial charge >= 0.3 is 0 Å². The summed E-state index contributed by atoms with van der Waals surface area (Å²) in [5.74, 6) is 1.20. The van der Waals surface area contributed by atoms with E-state index in [0.29, 0.717) is 24.7 Å². The van der Waals surface area contributed by atoms with Gasteiger partial charge in [-0.05, 0) is 36.2 Å². The number of amides is 1. The topological polar surface area (TPSA) is 84.2 Å². The summed E-state index contributed by atoms with van der Waals surface area (Å²) >= 11 is 0. The van der Waals surface area contributed by atoms with Crippen LogP contribution in [0.3, 0.4) is 0 Å². The largest absolute Gasteiger partial charge is 0.419 e. The minimum Gasteiger partial charge on any atom is -0.419 e. The van der Waals surface area contributed by atoms with Crippen molar-refractivity contribution < 1.29 is 9.21 Å². The van der Waals surface area contributed by atoms with Crippen LogP contribution >= 0.6 is 0 Å². The highest BCUT2D eigenvalue weighted by atomic mass is 16.4. The molecule has 0 radical (unpaired) electrons. The van der Waals surface area contributed by atoms with E-state index in [1.54, 1.807) is 12.4 Å². The highest BCUT2D eigenvalue weighted by Gasteiger charge is 2.24. The minimum absolute atomic E-state index is 0.119. The van der Waals surface area contributed by atoms with E-state index in [2.05, 4.69) is 25.4 Å². The number of nitrogens with one attached hydrogen (secondary N) is 1. The van der Waals surface area contributed by atoms with Crippen LogP contribution in [-0.2, 0) is 17.9 Å². The molecule has 7 nitrogen and oxygen atoms in total. The van der Waals surface area contributed by atoms with Crippen LogP contribution in [0.15, 0.2) is 59.3 Å². The number of nitrogens with zero attached hydrogens (tertiary/aromatic N) is 4. The second kappa shape index (κ2) is 8.09. The summed E-state index contributed by atoms with van der Waals surface area (Å²) in [6.07, 6.45) is 5.01. The normalized spacial score (nSPS) is 16.6. The molecule has 1 N–H and O–H groups in total. The molecular weight excluding hydrogens is 342 g/mol. The molecule has 1 saturated heterocycles. The Labute approximate surface area is 157 Å². The predicted molar refractivity (Wildman–Crippen MR) is 99.2 cm³/mol. The highest BCUT2D eigenvalue weighted by molar-refractivity contribution is 5.78. The molecule has 1 aliphatic heterocycles. The average Bonchev–Trinajstić information content (AvgIpc) is 3.32. The summed E-state index contributed by atoms with van der Waals surface area (Å²) < 4.78 is 5.86. The van der Waals surface area contributed by atoms with Crippen LogP contribution in [0.2, 0.25) is 0 Å². The van der Waals surface area contributed by atoms with Crippen LogP contribution in [-0.4, -0.2) is 38.6 Å². The van der Waals surface area contributed by atoms with Crippen LogP contribution < -0.4 is 5.32 Å². The Morgan fingerprint density at radius 1 is 1.07 bits per heavy atom. The van der Waals surface area contributed by atoms with Gasteiger partial charge in [0.25, 0.3) is 0 Å². The maximum Gasteiger partial charge on any atom is 0.247 e. The third-order valence-corrected chi connectivity index (χ3v) is 4.57. The third kappa shape index (κ3) is 4.57. The van der Waals surface area contributed by atoms with Crippen molar-refractivity contribution in [1.82, 2.24) is 25.4 Å². The smallest absolute Gasteiger partial charge is 0.247 e. The van der Waals surface area contributed by atoms with Crippen molar-refractivity contribution in [2.24, 2.45) is 0 Å². The number of hydrogen-bond acceptors (Lipinski definition) is 6. The van der Waals surface area contributed by atoms with Gasteiger partial charge < -0.3 is 9.73 Å². The van der Waals surface area contributed by atoms with E-state index >= 15 is 0 Å². The fraction of sp³-hybridized carbons (Fsp3) is 0.300. The fourth-order valence-electron chi connectivity index (χ4n) is 3.26. The molecule has 7 heteroatoms. The molecule has 4 rings (SSSR count). The Kier molecular flexibility index (Phi) is 5.20. The zero-order chi connectivity index (χ0) is 18.5. The number of rotatable bonds is 7. The molecule has 27 heavy (non-hydrogen) atoms. The predicted octanol–water partition coefficient (Wildman–Crippen LogP) is 2.41. The fourth-order valence-corrected chi connectivity index (χ4v) is 3.26. The molecule has 0 aliphatic carbocycles. The molecule has 0 bridgehead atoms. The molecule has 3 heterocycles. The standard InChI is InChI=1S/C20H21N5O2/c26-18-7-6-17(22-18)13-25(12-15-8-10-21-11-9-15)14-19-23-24-20(27-19)16-4-2-1-3-5-16/h1-5,8-11,17H,6-7,12-14H2,(H,22,26)/t17-/m0/s1. The van der Waals surface area contributed by atoms with E-state index in [4.69, 9.17) is 4.42 Å². The van der Waals surface area contributed by atoms with Crippen LogP contribution in [0.4, 0.5) is 0 Å². The lowest BCUT2D eigenvalue weighted by Gasteiger charge is -2.24. The summed E-state index contributed by atoms with van der Waals surface area (Å²) in [4.78, 5) is 17.8. The Hall–Kier alpha value is -3.06. The first kappa shape index (κ1) is 17.4. The molecule has 0 unspecified atom stereocenters. The minimum atomic E-state index is 0.119.